The first-order chi connectivity index (χ1) is 14.9. The first kappa shape index (κ1) is 21.2. The summed E-state index contributed by atoms with van der Waals surface area (Å²) in [4.78, 5) is 27.3. The van der Waals surface area contributed by atoms with E-state index < -0.39 is 5.60 Å². The highest BCUT2D eigenvalue weighted by Crippen LogP contribution is 2.40. The molecule has 2 aromatic rings. The summed E-state index contributed by atoms with van der Waals surface area (Å²) in [6.45, 7) is 7.79. The van der Waals surface area contributed by atoms with E-state index in [1.165, 1.54) is 0 Å². The van der Waals surface area contributed by atoms with Crippen LogP contribution in [0.2, 0.25) is 0 Å². The fourth-order valence-electron chi connectivity index (χ4n) is 4.28. The molecule has 0 unspecified atom stereocenters. The fraction of sp³-hybridized carbons (Fsp3) is 0.385. The van der Waals surface area contributed by atoms with E-state index in [1.54, 1.807) is 6.08 Å². The average Bonchev–Trinajstić information content (AvgIpc) is 2.75. The third-order valence-electron chi connectivity index (χ3n) is 6.30. The first-order valence-corrected chi connectivity index (χ1v) is 10.9. The monoisotopic (exact) mass is 419 g/mol. The minimum Gasteiger partial charge on any atom is -0.494 e. The van der Waals surface area contributed by atoms with Crippen LogP contribution in [0.5, 0.6) is 11.5 Å². The molecule has 1 saturated heterocycles. The lowest BCUT2D eigenvalue weighted by Crippen LogP contribution is -2.52. The Morgan fingerprint density at radius 3 is 2.48 bits per heavy atom. The molecule has 0 atom stereocenters. The van der Waals surface area contributed by atoms with Crippen LogP contribution in [0.4, 0.5) is 0 Å². The first-order valence-electron chi connectivity index (χ1n) is 10.9. The number of hydrogen-bond donors (Lipinski definition) is 0. The number of amides is 1. The van der Waals surface area contributed by atoms with Crippen LogP contribution in [0.15, 0.2) is 42.5 Å². The fourth-order valence-corrected chi connectivity index (χ4v) is 4.28. The molecule has 1 spiro atoms. The Bertz CT molecular complexity index is 1010. The Morgan fingerprint density at radius 1 is 1.13 bits per heavy atom. The predicted molar refractivity (Wildman–Crippen MR) is 121 cm³/mol. The van der Waals surface area contributed by atoms with Crippen LogP contribution in [0.1, 0.15) is 53.2 Å². The normalized spacial score (nSPS) is 17.5. The number of benzene rings is 2. The van der Waals surface area contributed by atoms with Gasteiger partial charge in [-0.05, 0) is 67.8 Å². The lowest BCUT2D eigenvalue weighted by atomic mass is 9.82. The van der Waals surface area contributed by atoms with E-state index in [1.807, 2.05) is 68.1 Å². The Labute approximate surface area is 183 Å². The summed E-state index contributed by atoms with van der Waals surface area (Å²) in [5, 5.41) is 0. The number of hydrogen-bond acceptors (Lipinski definition) is 4. The van der Waals surface area contributed by atoms with Crippen molar-refractivity contribution in [1.29, 1.82) is 0 Å². The van der Waals surface area contributed by atoms with E-state index in [2.05, 4.69) is 0 Å². The summed E-state index contributed by atoms with van der Waals surface area (Å²) in [6.07, 6.45) is 5.14. The van der Waals surface area contributed by atoms with Crippen molar-refractivity contribution in [3.63, 3.8) is 0 Å². The van der Waals surface area contributed by atoms with Gasteiger partial charge in [-0.2, -0.15) is 0 Å². The smallest absolute Gasteiger partial charge is 0.246 e. The molecule has 2 aliphatic rings. The van der Waals surface area contributed by atoms with Crippen LogP contribution in [0.3, 0.4) is 0 Å². The van der Waals surface area contributed by atoms with Crippen molar-refractivity contribution in [3.05, 3.63) is 64.7 Å². The zero-order valence-electron chi connectivity index (χ0n) is 18.4. The Morgan fingerprint density at radius 2 is 1.81 bits per heavy atom. The van der Waals surface area contributed by atoms with E-state index >= 15 is 0 Å². The van der Waals surface area contributed by atoms with Gasteiger partial charge in [0.15, 0.2) is 5.78 Å². The molecule has 0 radical (unpaired) electrons. The third-order valence-corrected chi connectivity index (χ3v) is 6.30. The van der Waals surface area contributed by atoms with Crippen LogP contribution < -0.4 is 9.47 Å². The molecule has 2 aliphatic heterocycles. The molecule has 0 N–H and O–H groups in total. The van der Waals surface area contributed by atoms with Gasteiger partial charge in [-0.15, -0.1) is 0 Å². The molecule has 0 aromatic heterocycles. The molecular weight excluding hydrogens is 390 g/mol. The molecule has 5 heteroatoms. The maximum absolute atomic E-state index is 12.8. The largest absolute Gasteiger partial charge is 0.494 e. The summed E-state index contributed by atoms with van der Waals surface area (Å²) >= 11 is 0. The molecule has 162 valence electrons. The highest BCUT2D eigenvalue weighted by molar-refractivity contribution is 6.00. The van der Waals surface area contributed by atoms with Gasteiger partial charge in [0.05, 0.1) is 18.6 Å². The topological polar surface area (TPSA) is 55.8 Å². The van der Waals surface area contributed by atoms with E-state index in [0.29, 0.717) is 50.3 Å². The maximum Gasteiger partial charge on any atom is 0.246 e. The number of fused-ring (bicyclic) bond motifs is 1. The summed E-state index contributed by atoms with van der Waals surface area (Å²) in [7, 11) is 0. The van der Waals surface area contributed by atoms with Crippen LogP contribution in [0, 0.1) is 13.8 Å². The Balaban J connectivity index is 1.38. The SMILES string of the molecule is CCOc1ccc(/C=C/C(=O)N2CCC3(CC2)CC(=O)c2cc(C)c(C)cc2O3)cc1. The van der Waals surface area contributed by atoms with E-state index in [9.17, 15) is 9.59 Å². The molecule has 0 bridgehead atoms. The number of likely N-dealkylation sites (tertiary alicyclic amines) is 1. The molecule has 4 rings (SSSR count). The quantitative estimate of drug-likeness (QED) is 0.672. The number of aryl methyl sites for hydroxylation is 2. The number of nitrogens with zero attached hydrogens (tertiary/aromatic N) is 1. The minimum atomic E-state index is -0.499. The molecule has 1 fully saturated rings. The molecule has 2 aromatic carbocycles. The van der Waals surface area contributed by atoms with Crippen molar-refractivity contribution >= 4 is 17.8 Å². The highest BCUT2D eigenvalue weighted by atomic mass is 16.5. The lowest BCUT2D eigenvalue weighted by Gasteiger charge is -2.44. The van der Waals surface area contributed by atoms with Crippen LogP contribution >= 0.6 is 0 Å². The second kappa shape index (κ2) is 8.58. The molecule has 0 aliphatic carbocycles. The van der Waals surface area contributed by atoms with Crippen molar-refractivity contribution < 1.29 is 19.1 Å². The van der Waals surface area contributed by atoms with Gasteiger partial charge in [-0.25, -0.2) is 0 Å². The van der Waals surface area contributed by atoms with Crippen molar-refractivity contribution in [3.8, 4) is 11.5 Å². The van der Waals surface area contributed by atoms with Crippen molar-refractivity contribution in [1.82, 2.24) is 4.90 Å². The van der Waals surface area contributed by atoms with Crippen LogP contribution in [-0.4, -0.2) is 41.9 Å². The molecule has 0 saturated carbocycles. The zero-order valence-corrected chi connectivity index (χ0v) is 18.4. The van der Waals surface area contributed by atoms with E-state index in [4.69, 9.17) is 9.47 Å². The summed E-state index contributed by atoms with van der Waals surface area (Å²) < 4.78 is 11.8. The standard InChI is InChI=1S/C26H29NO4/c1-4-30-21-8-5-20(6-9-21)7-10-25(29)27-13-11-26(12-14-27)17-23(28)22-15-18(2)19(3)16-24(22)31-26/h5-10,15-16H,4,11-14,17H2,1-3H3/b10-7+. The number of carbonyl (C=O) groups is 2. The van der Waals surface area contributed by atoms with Crippen molar-refractivity contribution in [2.75, 3.05) is 19.7 Å². The van der Waals surface area contributed by atoms with Gasteiger partial charge in [-0.1, -0.05) is 12.1 Å². The van der Waals surface area contributed by atoms with E-state index in [-0.39, 0.29) is 11.7 Å². The molecule has 2 heterocycles. The lowest BCUT2D eigenvalue weighted by molar-refractivity contribution is -0.129. The second-order valence-electron chi connectivity index (χ2n) is 8.48. The molecule has 31 heavy (non-hydrogen) atoms. The molecular formula is C26H29NO4. The van der Waals surface area contributed by atoms with Gasteiger partial charge in [-0.3, -0.25) is 9.59 Å². The minimum absolute atomic E-state index is 0.0160. The third kappa shape index (κ3) is 4.50. The number of rotatable bonds is 4. The van der Waals surface area contributed by atoms with E-state index in [0.717, 1.165) is 22.4 Å². The Kier molecular flexibility index (Phi) is 5.86. The van der Waals surface area contributed by atoms with Crippen molar-refractivity contribution in [2.45, 2.75) is 45.6 Å². The summed E-state index contributed by atoms with van der Waals surface area (Å²) in [6, 6.07) is 11.6. The average molecular weight is 420 g/mol. The van der Waals surface area contributed by atoms with Gasteiger partial charge in [0.25, 0.3) is 0 Å². The maximum atomic E-state index is 12.8. The van der Waals surface area contributed by atoms with Gasteiger partial charge in [0.2, 0.25) is 5.91 Å². The van der Waals surface area contributed by atoms with Gasteiger partial charge in [0.1, 0.15) is 17.1 Å². The van der Waals surface area contributed by atoms with Crippen molar-refractivity contribution in [2.24, 2.45) is 0 Å². The molecule has 1 amide bonds. The summed E-state index contributed by atoms with van der Waals surface area (Å²) in [5.41, 5.74) is 3.36. The Hall–Kier alpha value is -3.08. The number of ketones is 1. The van der Waals surface area contributed by atoms with Gasteiger partial charge < -0.3 is 14.4 Å². The number of Topliss-reactive ketones (excluding diaryl/α,β-unsaturated/α-hetero) is 1. The predicted octanol–water partition coefficient (Wildman–Crippen LogP) is 4.74. The van der Waals surface area contributed by atoms with Gasteiger partial charge in [0, 0.05) is 32.0 Å². The zero-order chi connectivity index (χ0) is 22.0. The van der Waals surface area contributed by atoms with Crippen LogP contribution in [0.25, 0.3) is 6.08 Å². The summed E-state index contributed by atoms with van der Waals surface area (Å²) in [5.74, 6) is 1.63. The second-order valence-corrected chi connectivity index (χ2v) is 8.48. The number of ether oxygens (including phenoxy) is 2. The van der Waals surface area contributed by atoms with Crippen LogP contribution in [-0.2, 0) is 4.79 Å². The van der Waals surface area contributed by atoms with Gasteiger partial charge >= 0.3 is 0 Å². The number of piperidine rings is 1. The number of carbonyl (C=O) groups excluding carboxylic acids is 2. The molecule has 5 nitrogen and oxygen atoms in total. The highest BCUT2D eigenvalue weighted by Gasteiger charge is 2.43.